The van der Waals surface area contributed by atoms with Gasteiger partial charge in [0.25, 0.3) is 5.69 Å². The summed E-state index contributed by atoms with van der Waals surface area (Å²) in [6, 6.07) is 6.18. The summed E-state index contributed by atoms with van der Waals surface area (Å²) >= 11 is 0. The molecule has 0 radical (unpaired) electrons. The predicted molar refractivity (Wildman–Crippen MR) is 101 cm³/mol. The van der Waals surface area contributed by atoms with Crippen molar-refractivity contribution >= 4 is 23.8 Å². The van der Waals surface area contributed by atoms with E-state index in [1.165, 1.54) is 18.2 Å². The Morgan fingerprint density at radius 2 is 1.89 bits per heavy atom. The van der Waals surface area contributed by atoms with Gasteiger partial charge in [0.15, 0.2) is 0 Å². The molecule has 0 atom stereocenters. The predicted octanol–water partition coefficient (Wildman–Crippen LogP) is 3.12. The number of rotatable bonds is 4. The lowest BCUT2D eigenvalue weighted by Crippen LogP contribution is -2.47. The molecule has 0 aliphatic carbocycles. The maximum absolute atomic E-state index is 12.1. The highest BCUT2D eigenvalue weighted by Crippen LogP contribution is 2.19. The minimum Gasteiger partial charge on any atom is -0.444 e. The molecule has 8 nitrogen and oxygen atoms in total. The molecule has 0 unspecified atom stereocenters. The smallest absolute Gasteiger partial charge is 0.410 e. The quantitative estimate of drug-likeness (QED) is 0.495. The molecule has 0 saturated carbocycles. The Hall–Kier alpha value is -2.90. The highest BCUT2D eigenvalue weighted by atomic mass is 16.6. The second-order valence-corrected chi connectivity index (χ2v) is 7.40. The number of carbonyl (C=O) groups is 2. The zero-order valence-electron chi connectivity index (χ0n) is 15.8. The van der Waals surface area contributed by atoms with E-state index in [1.807, 2.05) is 20.8 Å². The van der Waals surface area contributed by atoms with Crippen LogP contribution in [-0.4, -0.2) is 46.6 Å². The van der Waals surface area contributed by atoms with E-state index in [1.54, 1.807) is 23.1 Å². The summed E-state index contributed by atoms with van der Waals surface area (Å²) in [6.07, 6.45) is 3.64. The fourth-order valence-corrected chi connectivity index (χ4v) is 2.74. The monoisotopic (exact) mass is 375 g/mol. The number of nitrogens with one attached hydrogen (secondary N) is 1. The summed E-state index contributed by atoms with van der Waals surface area (Å²) in [5, 5.41) is 13.9. The lowest BCUT2D eigenvalue weighted by molar-refractivity contribution is -0.385. The zero-order chi connectivity index (χ0) is 20.0. The van der Waals surface area contributed by atoms with Crippen molar-refractivity contribution < 1.29 is 19.2 Å². The van der Waals surface area contributed by atoms with Crippen molar-refractivity contribution in [1.82, 2.24) is 10.2 Å². The van der Waals surface area contributed by atoms with Crippen molar-refractivity contribution in [2.75, 3.05) is 13.1 Å². The van der Waals surface area contributed by atoms with Crippen LogP contribution in [0.15, 0.2) is 30.3 Å². The number of nitro benzene ring substituents is 1. The van der Waals surface area contributed by atoms with E-state index in [4.69, 9.17) is 4.74 Å². The SMILES string of the molecule is CC(C)(C)OC(=O)N1CCC(NC(=O)C=Cc2ccccc2[N+](=O)[O-])CC1. The minimum atomic E-state index is -0.535. The van der Waals surface area contributed by atoms with Crippen LogP contribution in [0.1, 0.15) is 39.2 Å². The Labute approximate surface area is 158 Å². The van der Waals surface area contributed by atoms with Crippen LogP contribution in [0, 0.1) is 10.1 Å². The summed E-state index contributed by atoms with van der Waals surface area (Å²) in [4.78, 5) is 36.3. The molecule has 1 aromatic carbocycles. The molecule has 0 aromatic heterocycles. The first-order chi connectivity index (χ1) is 12.7. The third-order valence-corrected chi connectivity index (χ3v) is 4.04. The van der Waals surface area contributed by atoms with Gasteiger partial charge < -0.3 is 15.0 Å². The van der Waals surface area contributed by atoms with Crippen molar-refractivity contribution in [3.8, 4) is 0 Å². The van der Waals surface area contributed by atoms with Crippen molar-refractivity contribution in [2.24, 2.45) is 0 Å². The van der Waals surface area contributed by atoms with Crippen LogP contribution >= 0.6 is 0 Å². The van der Waals surface area contributed by atoms with Crippen molar-refractivity contribution in [2.45, 2.75) is 45.3 Å². The standard InChI is InChI=1S/C19H25N3O5/c1-19(2,3)27-18(24)21-12-10-15(11-13-21)20-17(23)9-8-14-6-4-5-7-16(14)22(25)26/h4-9,15H,10-13H2,1-3H3,(H,20,23). The molecule has 1 aliphatic rings. The number of hydrogen-bond donors (Lipinski definition) is 1. The van der Waals surface area contributed by atoms with Crippen molar-refractivity contribution in [3.05, 3.63) is 46.0 Å². The largest absolute Gasteiger partial charge is 0.444 e. The first-order valence-electron chi connectivity index (χ1n) is 8.85. The van der Waals surface area contributed by atoms with Gasteiger partial charge in [-0.05, 0) is 45.8 Å². The van der Waals surface area contributed by atoms with Gasteiger partial charge in [0, 0.05) is 31.3 Å². The molecule has 27 heavy (non-hydrogen) atoms. The van der Waals surface area contributed by atoms with E-state index in [2.05, 4.69) is 5.32 Å². The van der Waals surface area contributed by atoms with Crippen LogP contribution in [0.25, 0.3) is 6.08 Å². The van der Waals surface area contributed by atoms with Crippen LogP contribution in [0.5, 0.6) is 0 Å². The molecule has 8 heteroatoms. The second-order valence-electron chi connectivity index (χ2n) is 7.40. The molecule has 1 N–H and O–H groups in total. The molecule has 1 aliphatic heterocycles. The van der Waals surface area contributed by atoms with E-state index < -0.39 is 10.5 Å². The first-order valence-corrected chi connectivity index (χ1v) is 8.85. The highest BCUT2D eigenvalue weighted by Gasteiger charge is 2.27. The molecule has 2 amide bonds. The van der Waals surface area contributed by atoms with Gasteiger partial charge in [0.2, 0.25) is 5.91 Å². The molecule has 1 saturated heterocycles. The fourth-order valence-electron chi connectivity index (χ4n) is 2.74. The van der Waals surface area contributed by atoms with Crippen LogP contribution in [-0.2, 0) is 9.53 Å². The third kappa shape index (κ3) is 6.40. The van der Waals surface area contributed by atoms with E-state index >= 15 is 0 Å². The number of para-hydroxylation sites is 1. The molecule has 1 heterocycles. The van der Waals surface area contributed by atoms with Gasteiger partial charge in [-0.25, -0.2) is 4.79 Å². The number of hydrogen-bond acceptors (Lipinski definition) is 5. The minimum absolute atomic E-state index is 0.0489. The number of piperidine rings is 1. The topological polar surface area (TPSA) is 102 Å². The molecule has 1 aromatic rings. The Bertz CT molecular complexity index is 731. The highest BCUT2D eigenvalue weighted by molar-refractivity contribution is 5.92. The van der Waals surface area contributed by atoms with E-state index in [0.29, 0.717) is 31.5 Å². The lowest BCUT2D eigenvalue weighted by Gasteiger charge is -2.33. The van der Waals surface area contributed by atoms with E-state index in [9.17, 15) is 19.7 Å². The van der Waals surface area contributed by atoms with Gasteiger partial charge in [0.05, 0.1) is 10.5 Å². The molecular weight excluding hydrogens is 350 g/mol. The van der Waals surface area contributed by atoms with Gasteiger partial charge in [-0.2, -0.15) is 0 Å². The summed E-state index contributed by atoms with van der Waals surface area (Å²) < 4.78 is 5.35. The average molecular weight is 375 g/mol. The van der Waals surface area contributed by atoms with Gasteiger partial charge >= 0.3 is 6.09 Å². The molecular formula is C19H25N3O5. The van der Waals surface area contributed by atoms with Crippen molar-refractivity contribution in [3.63, 3.8) is 0 Å². The summed E-state index contributed by atoms with van der Waals surface area (Å²) in [5.41, 5.74) is -0.211. The Morgan fingerprint density at radius 1 is 1.26 bits per heavy atom. The van der Waals surface area contributed by atoms with Crippen molar-refractivity contribution in [1.29, 1.82) is 0 Å². The van der Waals surface area contributed by atoms with Gasteiger partial charge in [0.1, 0.15) is 5.60 Å². The van der Waals surface area contributed by atoms with Gasteiger partial charge in [-0.1, -0.05) is 12.1 Å². The lowest BCUT2D eigenvalue weighted by atomic mass is 10.1. The molecule has 146 valence electrons. The van der Waals surface area contributed by atoms with Gasteiger partial charge in [-0.3, -0.25) is 14.9 Å². The second kappa shape index (κ2) is 8.66. The first kappa shape index (κ1) is 20.4. The molecule has 0 spiro atoms. The summed E-state index contributed by atoms with van der Waals surface area (Å²) in [5.74, 6) is -0.316. The Morgan fingerprint density at radius 3 is 2.48 bits per heavy atom. The van der Waals surface area contributed by atoms with Crippen LogP contribution in [0.2, 0.25) is 0 Å². The summed E-state index contributed by atoms with van der Waals surface area (Å²) in [6.45, 7) is 6.48. The summed E-state index contributed by atoms with van der Waals surface area (Å²) in [7, 11) is 0. The van der Waals surface area contributed by atoms with E-state index in [-0.39, 0.29) is 23.7 Å². The molecule has 0 bridgehead atoms. The number of carbonyl (C=O) groups excluding carboxylic acids is 2. The number of likely N-dealkylation sites (tertiary alicyclic amines) is 1. The maximum atomic E-state index is 12.1. The number of benzene rings is 1. The maximum Gasteiger partial charge on any atom is 0.410 e. The number of nitro groups is 1. The number of nitrogens with zero attached hydrogens (tertiary/aromatic N) is 2. The zero-order valence-corrected chi connectivity index (χ0v) is 15.8. The third-order valence-electron chi connectivity index (χ3n) is 4.04. The van der Waals surface area contributed by atoms with E-state index in [0.717, 1.165) is 0 Å². The Kier molecular flexibility index (Phi) is 6.55. The average Bonchev–Trinajstić information content (AvgIpc) is 2.59. The number of ether oxygens (including phenoxy) is 1. The van der Waals surface area contributed by atoms with Crippen LogP contribution < -0.4 is 5.32 Å². The van der Waals surface area contributed by atoms with Crippen LogP contribution in [0.4, 0.5) is 10.5 Å². The normalized spacial score (nSPS) is 15.6. The fraction of sp³-hybridized carbons (Fsp3) is 0.474. The van der Waals surface area contributed by atoms with Crippen LogP contribution in [0.3, 0.4) is 0 Å². The Balaban J connectivity index is 1.84. The molecule has 1 fully saturated rings. The molecule has 2 rings (SSSR count). The van der Waals surface area contributed by atoms with Gasteiger partial charge in [-0.15, -0.1) is 0 Å². The number of amides is 2.